The highest BCUT2D eigenvalue weighted by molar-refractivity contribution is 6.30. The molecule has 0 radical (unpaired) electrons. The number of nitrogens with one attached hydrogen (secondary N) is 1. The third-order valence-electron chi connectivity index (χ3n) is 3.39. The molecule has 0 saturated carbocycles. The van der Waals surface area contributed by atoms with E-state index in [-0.39, 0.29) is 0 Å². The van der Waals surface area contributed by atoms with Crippen molar-refractivity contribution < 1.29 is 0 Å². The number of piperidine rings is 1. The molecule has 1 heterocycles. The largest absolute Gasteiger partial charge is 0.370 e. The highest BCUT2D eigenvalue weighted by Crippen LogP contribution is 2.26. The van der Waals surface area contributed by atoms with Gasteiger partial charge in [-0.05, 0) is 43.5 Å². The van der Waals surface area contributed by atoms with Gasteiger partial charge in [0.25, 0.3) is 0 Å². The molecular formula is C14H18ClN3. The van der Waals surface area contributed by atoms with Crippen LogP contribution in [0.4, 0.5) is 5.69 Å². The van der Waals surface area contributed by atoms with Gasteiger partial charge in [-0.3, -0.25) is 5.32 Å². The predicted molar refractivity (Wildman–Crippen MR) is 75.0 cm³/mol. The summed E-state index contributed by atoms with van der Waals surface area (Å²) in [7, 11) is 0. The van der Waals surface area contributed by atoms with E-state index in [1.54, 1.807) is 0 Å². The fourth-order valence-electron chi connectivity index (χ4n) is 2.53. The second kappa shape index (κ2) is 6.08. The minimum Gasteiger partial charge on any atom is -0.370 e. The van der Waals surface area contributed by atoms with Gasteiger partial charge in [0.1, 0.15) is 0 Å². The van der Waals surface area contributed by atoms with E-state index in [9.17, 15) is 0 Å². The summed E-state index contributed by atoms with van der Waals surface area (Å²) >= 11 is 5.99. The van der Waals surface area contributed by atoms with E-state index in [2.05, 4.69) is 29.3 Å². The van der Waals surface area contributed by atoms with E-state index >= 15 is 0 Å². The van der Waals surface area contributed by atoms with E-state index in [0.29, 0.717) is 12.6 Å². The van der Waals surface area contributed by atoms with Crippen molar-refractivity contribution >= 4 is 17.3 Å². The molecule has 96 valence electrons. The Balaban J connectivity index is 2.06. The molecule has 0 bridgehead atoms. The minimum absolute atomic E-state index is 0.411. The average molecular weight is 264 g/mol. The third kappa shape index (κ3) is 3.16. The van der Waals surface area contributed by atoms with Gasteiger partial charge in [0.05, 0.1) is 12.6 Å². The molecule has 1 aliphatic rings. The number of nitriles is 1. The predicted octanol–water partition coefficient (Wildman–Crippen LogP) is 2.73. The van der Waals surface area contributed by atoms with Gasteiger partial charge in [-0.1, -0.05) is 11.6 Å². The van der Waals surface area contributed by atoms with Crippen LogP contribution in [0.15, 0.2) is 18.2 Å². The molecular weight excluding hydrogens is 246 g/mol. The second-order valence-electron chi connectivity index (χ2n) is 4.75. The number of nitrogens with zero attached hydrogens (tertiary/aromatic N) is 2. The van der Waals surface area contributed by atoms with Gasteiger partial charge in [-0.2, -0.15) is 5.26 Å². The molecule has 1 N–H and O–H groups in total. The summed E-state index contributed by atoms with van der Waals surface area (Å²) in [5.41, 5.74) is 2.46. The second-order valence-corrected chi connectivity index (χ2v) is 5.19. The van der Waals surface area contributed by atoms with E-state index in [0.717, 1.165) is 31.0 Å². The number of hydrogen-bond donors (Lipinski definition) is 1. The molecule has 1 saturated heterocycles. The topological polar surface area (TPSA) is 39.1 Å². The van der Waals surface area contributed by atoms with Gasteiger partial charge in [0, 0.05) is 29.8 Å². The van der Waals surface area contributed by atoms with Crippen LogP contribution in [0.3, 0.4) is 0 Å². The summed E-state index contributed by atoms with van der Waals surface area (Å²) < 4.78 is 0. The lowest BCUT2D eigenvalue weighted by molar-refractivity contribution is 0.439. The van der Waals surface area contributed by atoms with Crippen LogP contribution in [0, 0.1) is 18.3 Å². The van der Waals surface area contributed by atoms with Crippen molar-refractivity contribution in [1.29, 1.82) is 5.26 Å². The zero-order chi connectivity index (χ0) is 13.0. The molecule has 1 fully saturated rings. The normalized spacial score (nSPS) is 19.6. The number of hydrogen-bond acceptors (Lipinski definition) is 3. The van der Waals surface area contributed by atoms with Gasteiger partial charge in [0.15, 0.2) is 0 Å². The Hall–Kier alpha value is -1.24. The molecule has 18 heavy (non-hydrogen) atoms. The molecule has 0 aliphatic carbocycles. The summed E-state index contributed by atoms with van der Waals surface area (Å²) in [6.07, 6.45) is 2.30. The molecule has 2 rings (SSSR count). The first kappa shape index (κ1) is 13.2. The SMILES string of the molecule is Cc1cc(Cl)ccc1N1CCCC(NCC#N)C1. The van der Waals surface area contributed by atoms with Crippen molar-refractivity contribution in [1.82, 2.24) is 5.32 Å². The fraction of sp³-hybridized carbons (Fsp3) is 0.500. The van der Waals surface area contributed by atoms with Crippen molar-refractivity contribution in [2.45, 2.75) is 25.8 Å². The summed E-state index contributed by atoms with van der Waals surface area (Å²) in [5.74, 6) is 0. The molecule has 1 atom stereocenters. The van der Waals surface area contributed by atoms with Crippen molar-refractivity contribution in [3.05, 3.63) is 28.8 Å². The first-order valence-corrected chi connectivity index (χ1v) is 6.70. The summed E-state index contributed by atoms with van der Waals surface area (Å²) in [6, 6.07) is 8.58. The lowest BCUT2D eigenvalue weighted by Gasteiger charge is -2.35. The molecule has 0 amide bonds. The van der Waals surface area contributed by atoms with Gasteiger partial charge in [-0.15, -0.1) is 0 Å². The molecule has 1 aliphatic heterocycles. The van der Waals surface area contributed by atoms with Crippen LogP contribution >= 0.6 is 11.6 Å². The Morgan fingerprint density at radius 1 is 1.56 bits per heavy atom. The molecule has 4 heteroatoms. The van der Waals surface area contributed by atoms with Gasteiger partial charge in [-0.25, -0.2) is 0 Å². The maximum Gasteiger partial charge on any atom is 0.0843 e. The zero-order valence-electron chi connectivity index (χ0n) is 10.6. The van der Waals surface area contributed by atoms with Crippen molar-refractivity contribution in [2.24, 2.45) is 0 Å². The van der Waals surface area contributed by atoms with Crippen LogP contribution in [0.5, 0.6) is 0 Å². The molecule has 1 unspecified atom stereocenters. The molecule has 1 aromatic carbocycles. The fourth-order valence-corrected chi connectivity index (χ4v) is 2.75. The monoisotopic (exact) mass is 263 g/mol. The Morgan fingerprint density at radius 3 is 3.11 bits per heavy atom. The van der Waals surface area contributed by atoms with Gasteiger partial charge in [0.2, 0.25) is 0 Å². The molecule has 1 aromatic rings. The quantitative estimate of drug-likeness (QED) is 0.853. The lowest BCUT2D eigenvalue weighted by Crippen LogP contribution is -2.46. The molecule has 0 aromatic heterocycles. The van der Waals surface area contributed by atoms with Crippen molar-refractivity contribution in [3.63, 3.8) is 0 Å². The van der Waals surface area contributed by atoms with Crippen molar-refractivity contribution in [2.75, 3.05) is 24.5 Å². The van der Waals surface area contributed by atoms with Gasteiger partial charge >= 0.3 is 0 Å². The maximum atomic E-state index is 8.61. The van der Waals surface area contributed by atoms with Crippen molar-refractivity contribution in [3.8, 4) is 6.07 Å². The number of halogens is 1. The zero-order valence-corrected chi connectivity index (χ0v) is 11.4. The average Bonchev–Trinajstić information content (AvgIpc) is 2.36. The minimum atomic E-state index is 0.411. The van der Waals surface area contributed by atoms with E-state index < -0.39 is 0 Å². The number of aryl methyl sites for hydroxylation is 1. The highest BCUT2D eigenvalue weighted by Gasteiger charge is 2.20. The Morgan fingerprint density at radius 2 is 2.39 bits per heavy atom. The first-order valence-electron chi connectivity index (χ1n) is 6.32. The third-order valence-corrected chi connectivity index (χ3v) is 3.63. The standard InChI is InChI=1S/C14H18ClN3/c1-11-9-12(15)4-5-14(11)18-8-2-3-13(10-18)17-7-6-16/h4-5,9,13,17H,2-3,7-8,10H2,1H3. The molecule has 3 nitrogen and oxygen atoms in total. The van der Waals surface area contributed by atoms with Crippen LogP contribution in [0.2, 0.25) is 5.02 Å². The van der Waals surface area contributed by atoms with Crippen LogP contribution in [-0.2, 0) is 0 Å². The lowest BCUT2D eigenvalue weighted by atomic mass is 10.0. The Bertz CT molecular complexity index is 453. The van der Waals surface area contributed by atoms with Crippen LogP contribution in [-0.4, -0.2) is 25.7 Å². The first-order chi connectivity index (χ1) is 8.70. The van der Waals surface area contributed by atoms with Gasteiger partial charge < -0.3 is 4.90 Å². The summed E-state index contributed by atoms with van der Waals surface area (Å²) in [5, 5.41) is 12.7. The number of rotatable bonds is 3. The smallest absolute Gasteiger partial charge is 0.0843 e. The van der Waals surface area contributed by atoms with E-state index in [1.165, 1.54) is 11.3 Å². The van der Waals surface area contributed by atoms with Crippen LogP contribution < -0.4 is 10.2 Å². The Kier molecular flexibility index (Phi) is 4.46. The van der Waals surface area contributed by atoms with Crippen LogP contribution in [0.1, 0.15) is 18.4 Å². The van der Waals surface area contributed by atoms with Crippen LogP contribution in [0.25, 0.3) is 0 Å². The van der Waals surface area contributed by atoms with E-state index in [1.807, 2.05) is 12.1 Å². The summed E-state index contributed by atoms with van der Waals surface area (Å²) in [6.45, 7) is 4.56. The number of benzene rings is 1. The highest BCUT2D eigenvalue weighted by atomic mass is 35.5. The number of anilines is 1. The summed E-state index contributed by atoms with van der Waals surface area (Å²) in [4.78, 5) is 2.38. The molecule has 0 spiro atoms. The maximum absolute atomic E-state index is 8.61. The Labute approximate surface area is 113 Å². The van der Waals surface area contributed by atoms with E-state index in [4.69, 9.17) is 16.9 Å².